The predicted molar refractivity (Wildman–Crippen MR) is 89.0 cm³/mol. The lowest BCUT2D eigenvalue weighted by molar-refractivity contribution is -0.133. The molecule has 2 spiro atoms. The molecular weight excluding hydrogens is 308 g/mol. The number of halogens is 1. The van der Waals surface area contributed by atoms with Crippen molar-refractivity contribution in [3.63, 3.8) is 0 Å². The predicted octanol–water partition coefficient (Wildman–Crippen LogP) is 3.44. The molecular formula is C19H23ClN2O. The molecule has 6 atom stereocenters. The van der Waals surface area contributed by atoms with Crippen molar-refractivity contribution in [2.24, 2.45) is 45.5 Å². The average molecular weight is 331 g/mol. The van der Waals surface area contributed by atoms with E-state index in [2.05, 4.69) is 12.2 Å². The Kier molecular flexibility index (Phi) is 2.27. The van der Waals surface area contributed by atoms with Gasteiger partial charge in [-0.3, -0.25) is 4.79 Å². The van der Waals surface area contributed by atoms with Gasteiger partial charge in [0.15, 0.2) is 0 Å². The molecule has 23 heavy (non-hydrogen) atoms. The van der Waals surface area contributed by atoms with Crippen molar-refractivity contribution in [2.75, 3.05) is 5.88 Å². The van der Waals surface area contributed by atoms with Crippen LogP contribution in [0, 0.1) is 40.4 Å². The first-order valence-electron chi connectivity index (χ1n) is 9.25. The fraction of sp³-hybridized carbons (Fsp3) is 0.789. The second-order valence-corrected chi connectivity index (χ2v) is 9.27. The number of carbonyl (C=O) groups excluding carboxylic acids is 1. The number of rotatable bonds is 2. The molecule has 122 valence electrons. The molecule has 0 saturated heterocycles. The number of carbonyl (C=O) groups is 1. The minimum atomic E-state index is 0.125. The van der Waals surface area contributed by atoms with Crippen molar-refractivity contribution < 1.29 is 4.79 Å². The van der Waals surface area contributed by atoms with E-state index in [4.69, 9.17) is 16.7 Å². The third kappa shape index (κ3) is 1.34. The molecule has 0 aromatic rings. The summed E-state index contributed by atoms with van der Waals surface area (Å²) < 4.78 is 0. The van der Waals surface area contributed by atoms with Crippen LogP contribution in [-0.4, -0.2) is 28.5 Å². The van der Waals surface area contributed by atoms with Crippen LogP contribution in [0.1, 0.15) is 39.0 Å². The first-order chi connectivity index (χ1) is 11.1. The first kappa shape index (κ1) is 13.5. The summed E-state index contributed by atoms with van der Waals surface area (Å²) in [5, 5.41) is 6.66. The Balaban J connectivity index is 1.49. The van der Waals surface area contributed by atoms with Gasteiger partial charge in [0.25, 0.3) is 0 Å². The van der Waals surface area contributed by atoms with Gasteiger partial charge in [-0.15, -0.1) is 11.6 Å². The van der Waals surface area contributed by atoms with E-state index in [0.717, 1.165) is 24.2 Å². The Labute approximate surface area is 142 Å². The maximum atomic E-state index is 12.3. The molecule has 4 heteroatoms. The van der Waals surface area contributed by atoms with Crippen molar-refractivity contribution in [1.29, 1.82) is 0 Å². The standard InChI is InChI=1S/C19H23ClN2O/c1-10(23)22-17-13(12(21-22)3-9-20)14-11-2-4-18(5-6-18)15(11)16(17)19(14)7-8-19/h2,4,11,13-17H,3,5-9H2,1H3/t11-,13-,14-,15-,16+,17-/m1/s1. The maximum Gasteiger partial charge on any atom is 0.239 e. The summed E-state index contributed by atoms with van der Waals surface area (Å²) in [6, 6.07) is 0.344. The number of allylic oxidation sites excluding steroid dienone is 2. The van der Waals surface area contributed by atoms with Crippen molar-refractivity contribution in [3.8, 4) is 0 Å². The molecule has 6 rings (SSSR count). The van der Waals surface area contributed by atoms with Crippen LogP contribution in [0.5, 0.6) is 0 Å². The highest BCUT2D eigenvalue weighted by molar-refractivity contribution is 6.19. The van der Waals surface area contributed by atoms with E-state index in [1.807, 2.05) is 5.01 Å². The van der Waals surface area contributed by atoms with Crippen LogP contribution < -0.4 is 0 Å². The Hall–Kier alpha value is -0.830. The van der Waals surface area contributed by atoms with Crippen molar-refractivity contribution in [1.82, 2.24) is 5.01 Å². The topological polar surface area (TPSA) is 32.7 Å². The summed E-state index contributed by atoms with van der Waals surface area (Å²) in [7, 11) is 0. The lowest BCUT2D eigenvalue weighted by atomic mass is 9.68. The highest BCUT2D eigenvalue weighted by Crippen LogP contribution is 2.83. The largest absolute Gasteiger partial charge is 0.273 e. The van der Waals surface area contributed by atoms with E-state index < -0.39 is 0 Å². The minimum Gasteiger partial charge on any atom is -0.273 e. The van der Waals surface area contributed by atoms with Gasteiger partial charge in [0.1, 0.15) is 0 Å². The third-order valence-electron chi connectivity index (χ3n) is 8.21. The van der Waals surface area contributed by atoms with Gasteiger partial charge in [-0.05, 0) is 60.2 Å². The van der Waals surface area contributed by atoms with Crippen LogP contribution in [0.2, 0.25) is 0 Å². The summed E-state index contributed by atoms with van der Waals surface area (Å²) >= 11 is 6.06. The zero-order chi connectivity index (χ0) is 15.6. The van der Waals surface area contributed by atoms with Crippen molar-refractivity contribution in [3.05, 3.63) is 12.2 Å². The number of fused-ring (bicyclic) bond motifs is 7. The minimum absolute atomic E-state index is 0.125. The van der Waals surface area contributed by atoms with E-state index in [-0.39, 0.29) is 5.91 Å². The zero-order valence-corrected chi connectivity index (χ0v) is 14.3. The molecule has 1 heterocycles. The molecule has 3 nitrogen and oxygen atoms in total. The van der Waals surface area contributed by atoms with Gasteiger partial charge in [0.05, 0.1) is 6.04 Å². The van der Waals surface area contributed by atoms with Crippen molar-refractivity contribution >= 4 is 23.2 Å². The number of amides is 1. The van der Waals surface area contributed by atoms with E-state index in [1.54, 1.807) is 6.92 Å². The molecule has 0 aromatic heterocycles. The normalized spacial score (nSPS) is 48.1. The molecule has 4 fully saturated rings. The summed E-state index contributed by atoms with van der Waals surface area (Å²) in [6.45, 7) is 1.69. The summed E-state index contributed by atoms with van der Waals surface area (Å²) in [4.78, 5) is 12.3. The second-order valence-electron chi connectivity index (χ2n) is 8.89. The van der Waals surface area contributed by atoms with E-state index in [1.165, 1.54) is 31.4 Å². The Morgan fingerprint density at radius 2 is 2.09 bits per heavy atom. The van der Waals surface area contributed by atoms with Gasteiger partial charge < -0.3 is 0 Å². The molecule has 2 bridgehead atoms. The molecule has 0 unspecified atom stereocenters. The number of nitrogens with zero attached hydrogens (tertiary/aromatic N) is 2. The SMILES string of the molecule is CC(=O)N1N=C(CCCl)[C@H]2[C@@H]1[C@@H]1[C@H]3[C@H](C=CC34CC4)[C@H]2C12CC2. The maximum absolute atomic E-state index is 12.3. The summed E-state index contributed by atoms with van der Waals surface area (Å²) in [5.74, 6) is 4.18. The van der Waals surface area contributed by atoms with Crippen LogP contribution in [-0.2, 0) is 4.79 Å². The quantitative estimate of drug-likeness (QED) is 0.564. The lowest BCUT2D eigenvalue weighted by Gasteiger charge is -2.39. The Morgan fingerprint density at radius 3 is 2.70 bits per heavy atom. The Bertz CT molecular complexity index is 675. The van der Waals surface area contributed by atoms with Gasteiger partial charge in [-0.25, -0.2) is 5.01 Å². The molecule has 1 amide bonds. The fourth-order valence-electron chi connectivity index (χ4n) is 7.43. The van der Waals surface area contributed by atoms with Gasteiger partial charge >= 0.3 is 0 Å². The van der Waals surface area contributed by atoms with Crippen LogP contribution >= 0.6 is 11.6 Å². The third-order valence-corrected chi connectivity index (χ3v) is 8.40. The smallest absolute Gasteiger partial charge is 0.239 e. The second kappa shape index (κ2) is 3.87. The highest BCUT2D eigenvalue weighted by atomic mass is 35.5. The van der Waals surface area contributed by atoms with E-state index in [9.17, 15) is 4.79 Å². The van der Waals surface area contributed by atoms with Crippen LogP contribution in [0.4, 0.5) is 0 Å². The summed E-state index contributed by atoms with van der Waals surface area (Å²) in [6.07, 6.45) is 11.5. The highest BCUT2D eigenvalue weighted by Gasteiger charge is 2.81. The van der Waals surface area contributed by atoms with Gasteiger partial charge in [-0.2, -0.15) is 5.10 Å². The first-order valence-corrected chi connectivity index (χ1v) is 9.79. The van der Waals surface area contributed by atoms with Gasteiger partial charge in [0, 0.05) is 30.9 Å². The zero-order valence-electron chi connectivity index (χ0n) is 13.5. The molecule has 6 aliphatic rings. The molecule has 0 aromatic carbocycles. The number of hydrogen-bond donors (Lipinski definition) is 0. The van der Waals surface area contributed by atoms with Crippen LogP contribution in [0.25, 0.3) is 0 Å². The molecule has 5 aliphatic carbocycles. The lowest BCUT2D eigenvalue weighted by Crippen LogP contribution is -2.47. The van der Waals surface area contributed by atoms with Gasteiger partial charge in [0.2, 0.25) is 5.91 Å². The fourth-order valence-corrected chi connectivity index (χ4v) is 7.63. The van der Waals surface area contributed by atoms with Gasteiger partial charge in [-0.1, -0.05) is 12.2 Å². The van der Waals surface area contributed by atoms with Crippen molar-refractivity contribution in [2.45, 2.75) is 45.1 Å². The molecule has 1 aliphatic heterocycles. The number of alkyl halides is 1. The monoisotopic (exact) mass is 330 g/mol. The number of hydrogen-bond acceptors (Lipinski definition) is 2. The van der Waals surface area contributed by atoms with Crippen LogP contribution in [0.3, 0.4) is 0 Å². The summed E-state index contributed by atoms with van der Waals surface area (Å²) in [5.41, 5.74) is 2.26. The van der Waals surface area contributed by atoms with E-state index >= 15 is 0 Å². The average Bonchev–Trinajstić information content (AvgIpc) is 3.33. The molecule has 0 radical (unpaired) electrons. The molecule has 4 saturated carbocycles. The molecule has 0 N–H and O–H groups in total. The van der Waals surface area contributed by atoms with Crippen LogP contribution in [0.15, 0.2) is 17.3 Å². The Morgan fingerprint density at radius 1 is 1.30 bits per heavy atom. The number of hydrazone groups is 1. The van der Waals surface area contributed by atoms with E-state index in [0.29, 0.717) is 34.6 Å².